The number of carbonyl (C=O) groups excluding carboxylic acids is 2. The van der Waals surface area contributed by atoms with E-state index in [0.29, 0.717) is 11.5 Å². The molecule has 0 fully saturated rings. The van der Waals surface area contributed by atoms with Gasteiger partial charge in [0.05, 0.1) is 0 Å². The molecule has 0 spiro atoms. The molecule has 0 amide bonds. The molecule has 0 atom stereocenters. The van der Waals surface area contributed by atoms with E-state index in [1.807, 2.05) is 0 Å². The zero-order chi connectivity index (χ0) is 20.6. The molecule has 0 heterocycles. The van der Waals surface area contributed by atoms with Gasteiger partial charge in [0, 0.05) is 13.8 Å². The van der Waals surface area contributed by atoms with E-state index in [9.17, 15) is 14.5 Å². The average molecular weight is 403 g/mol. The number of esters is 2. The molecule has 2 aromatic carbocycles. The van der Waals surface area contributed by atoms with E-state index in [0.717, 1.165) is 11.1 Å². The van der Waals surface area contributed by atoms with Crippen molar-refractivity contribution in [1.82, 2.24) is 0 Å². The Morgan fingerprint density at radius 3 is 1.50 bits per heavy atom. The molecule has 0 radical (unpaired) electrons. The van der Waals surface area contributed by atoms with Crippen molar-refractivity contribution in [3.63, 3.8) is 0 Å². The van der Waals surface area contributed by atoms with Crippen molar-refractivity contribution in [2.45, 2.75) is 27.1 Å². The minimum Gasteiger partial charge on any atom is -0.427 e. The van der Waals surface area contributed by atoms with Crippen LogP contribution in [0.25, 0.3) is 0 Å². The number of hydrogen-bond donors (Lipinski definition) is 1. The molecule has 0 unspecified atom stereocenters. The first-order chi connectivity index (χ1) is 13.3. The second-order valence-electron chi connectivity index (χ2n) is 5.67. The van der Waals surface area contributed by atoms with Crippen LogP contribution in [0.1, 0.15) is 25.0 Å². The Bertz CT molecular complexity index is 790. The molecule has 146 valence electrons. The zero-order valence-corrected chi connectivity index (χ0v) is 16.3. The molecule has 0 bridgehead atoms. The summed E-state index contributed by atoms with van der Waals surface area (Å²) in [4.78, 5) is 32.2. The van der Waals surface area contributed by atoms with Gasteiger partial charge in [0.15, 0.2) is 5.66 Å². The van der Waals surface area contributed by atoms with Crippen molar-refractivity contribution in [2.24, 2.45) is 0 Å². The third kappa shape index (κ3) is 7.10. The van der Waals surface area contributed by atoms with Crippen LogP contribution in [0, 0.1) is 12.1 Å². The minimum absolute atomic E-state index is 0.0280. The Hall–Kier alpha value is -2.75. The highest BCUT2D eigenvalue weighted by Crippen LogP contribution is 2.56. The van der Waals surface area contributed by atoms with E-state index in [-0.39, 0.29) is 13.2 Å². The Morgan fingerprint density at radius 1 is 0.857 bits per heavy atom. The first-order valence-electron chi connectivity index (χ1n) is 8.23. The molecule has 1 N–H and O–H groups in total. The maximum absolute atomic E-state index is 10.9. The fourth-order valence-corrected chi connectivity index (χ4v) is 2.95. The SMILES string of the molecule is C#C[P+](O)(OCc1ccc(OC(C)=O)cc1)OCc1ccc(OC(C)=O)cc1. The minimum atomic E-state index is -3.49. The van der Waals surface area contributed by atoms with Crippen LogP contribution in [0.15, 0.2) is 48.5 Å². The summed E-state index contributed by atoms with van der Waals surface area (Å²) < 4.78 is 20.7. The van der Waals surface area contributed by atoms with Crippen LogP contribution in [-0.4, -0.2) is 16.8 Å². The predicted molar refractivity (Wildman–Crippen MR) is 103 cm³/mol. The number of benzene rings is 2. The van der Waals surface area contributed by atoms with Crippen molar-refractivity contribution >= 4 is 19.9 Å². The van der Waals surface area contributed by atoms with Crippen LogP contribution >= 0.6 is 7.94 Å². The van der Waals surface area contributed by atoms with Crippen LogP contribution in [0.4, 0.5) is 0 Å². The molecule has 0 aromatic heterocycles. The Morgan fingerprint density at radius 2 is 1.21 bits per heavy atom. The van der Waals surface area contributed by atoms with Crippen LogP contribution in [0.2, 0.25) is 0 Å². The third-order valence-corrected chi connectivity index (χ3v) is 4.63. The summed E-state index contributed by atoms with van der Waals surface area (Å²) in [7, 11) is -3.49. The quantitative estimate of drug-likeness (QED) is 0.312. The summed E-state index contributed by atoms with van der Waals surface area (Å²) in [5.74, 6) is -0.00439. The zero-order valence-electron chi connectivity index (χ0n) is 15.5. The lowest BCUT2D eigenvalue weighted by atomic mass is 10.2. The predicted octanol–water partition coefficient (Wildman–Crippen LogP) is 3.62. The van der Waals surface area contributed by atoms with Gasteiger partial charge in [-0.25, -0.2) is 0 Å². The summed E-state index contributed by atoms with van der Waals surface area (Å²) in [6, 6.07) is 13.2. The normalized spacial score (nSPS) is 10.8. The van der Waals surface area contributed by atoms with Crippen LogP contribution < -0.4 is 9.47 Å². The van der Waals surface area contributed by atoms with E-state index in [2.05, 4.69) is 5.66 Å². The Balaban J connectivity index is 1.89. The van der Waals surface area contributed by atoms with Gasteiger partial charge >= 0.3 is 19.9 Å². The van der Waals surface area contributed by atoms with E-state index in [1.54, 1.807) is 48.5 Å². The molecular weight excluding hydrogens is 383 g/mol. The van der Waals surface area contributed by atoms with Gasteiger partial charge in [0.2, 0.25) is 0 Å². The highest BCUT2D eigenvalue weighted by Gasteiger charge is 2.39. The smallest absolute Gasteiger partial charge is 0.427 e. The lowest BCUT2D eigenvalue weighted by Crippen LogP contribution is -2.03. The number of terminal acetylenes is 1. The van der Waals surface area contributed by atoms with E-state index in [4.69, 9.17) is 24.9 Å². The lowest BCUT2D eigenvalue weighted by molar-refractivity contribution is -0.132. The van der Waals surface area contributed by atoms with Crippen molar-refractivity contribution in [2.75, 3.05) is 0 Å². The Kier molecular flexibility index (Phi) is 7.68. The van der Waals surface area contributed by atoms with Crippen molar-refractivity contribution < 1.29 is 33.0 Å². The molecule has 8 heteroatoms. The van der Waals surface area contributed by atoms with Gasteiger partial charge < -0.3 is 9.47 Å². The van der Waals surface area contributed by atoms with Crippen LogP contribution in [0.3, 0.4) is 0 Å². The number of hydrogen-bond acceptors (Lipinski definition) is 7. The molecule has 0 saturated carbocycles. The van der Waals surface area contributed by atoms with Gasteiger partial charge in [-0.05, 0) is 35.4 Å². The van der Waals surface area contributed by atoms with Gasteiger partial charge in [0.25, 0.3) is 0 Å². The number of ether oxygens (including phenoxy) is 2. The molecular formula is C20H20O7P+. The molecule has 2 rings (SSSR count). The van der Waals surface area contributed by atoms with Crippen molar-refractivity contribution in [1.29, 1.82) is 0 Å². The highest BCUT2D eigenvalue weighted by atomic mass is 31.2. The van der Waals surface area contributed by atoms with E-state index < -0.39 is 19.9 Å². The monoisotopic (exact) mass is 403 g/mol. The van der Waals surface area contributed by atoms with Crippen LogP contribution in [0.5, 0.6) is 11.5 Å². The summed E-state index contributed by atoms with van der Waals surface area (Å²) in [6.07, 6.45) is 5.38. The molecule has 7 nitrogen and oxygen atoms in total. The average Bonchev–Trinajstić information content (AvgIpc) is 2.66. The Labute approximate surface area is 163 Å². The largest absolute Gasteiger partial charge is 0.496 e. The van der Waals surface area contributed by atoms with Gasteiger partial charge in [0.1, 0.15) is 24.7 Å². The summed E-state index contributed by atoms with van der Waals surface area (Å²) in [6.45, 7) is 2.69. The second-order valence-corrected chi connectivity index (χ2v) is 7.49. The molecule has 0 saturated heterocycles. The second kappa shape index (κ2) is 9.98. The molecule has 0 aliphatic rings. The van der Waals surface area contributed by atoms with Crippen molar-refractivity contribution in [3.05, 3.63) is 59.7 Å². The summed E-state index contributed by atoms with van der Waals surface area (Å²) >= 11 is 0. The lowest BCUT2D eigenvalue weighted by Gasteiger charge is -2.11. The molecule has 0 aliphatic heterocycles. The first-order valence-corrected chi connectivity index (χ1v) is 9.81. The van der Waals surface area contributed by atoms with Crippen molar-refractivity contribution in [3.8, 4) is 23.6 Å². The standard InChI is InChI=1S/C20H20O7P/c1-4-28(23,24-13-17-5-9-19(10-6-17)26-15(2)21)25-14-18-7-11-20(12-8-18)27-16(3)22/h1,5-12,23H,13-14H2,2-3H3/q+1. The van der Waals surface area contributed by atoms with Gasteiger partial charge in [-0.1, -0.05) is 30.7 Å². The van der Waals surface area contributed by atoms with Gasteiger partial charge in [-0.15, -0.1) is 0 Å². The maximum atomic E-state index is 10.9. The maximum Gasteiger partial charge on any atom is 0.496 e. The third-order valence-electron chi connectivity index (χ3n) is 3.35. The summed E-state index contributed by atoms with van der Waals surface area (Å²) in [5, 5.41) is 0. The van der Waals surface area contributed by atoms with Gasteiger partial charge in [-0.3, -0.25) is 9.59 Å². The van der Waals surface area contributed by atoms with E-state index >= 15 is 0 Å². The first kappa shape index (κ1) is 21.5. The topological polar surface area (TPSA) is 91.3 Å². The van der Waals surface area contributed by atoms with E-state index in [1.165, 1.54) is 13.8 Å². The van der Waals surface area contributed by atoms with Crippen LogP contribution in [-0.2, 0) is 31.9 Å². The van der Waals surface area contributed by atoms with Gasteiger partial charge in [-0.2, -0.15) is 13.9 Å². The molecule has 2 aromatic rings. The fourth-order valence-electron chi connectivity index (χ4n) is 2.08. The summed E-state index contributed by atoms with van der Waals surface area (Å²) in [5.41, 5.74) is 3.62. The molecule has 0 aliphatic carbocycles. The number of carbonyl (C=O) groups is 2. The fraction of sp³-hybridized carbons (Fsp3) is 0.200. The number of rotatable bonds is 8. The molecule has 28 heavy (non-hydrogen) atoms. The highest BCUT2D eigenvalue weighted by molar-refractivity contribution is 7.65.